The Morgan fingerprint density at radius 3 is 2.83 bits per heavy atom. The lowest BCUT2D eigenvalue weighted by atomic mass is 9.81. The molecule has 0 spiro atoms. The minimum absolute atomic E-state index is 0.188. The van der Waals surface area contributed by atoms with Crippen molar-refractivity contribution in [3.63, 3.8) is 0 Å². The molecule has 24 heavy (non-hydrogen) atoms. The van der Waals surface area contributed by atoms with E-state index in [2.05, 4.69) is 30.8 Å². The van der Waals surface area contributed by atoms with Gasteiger partial charge in [-0.05, 0) is 32.3 Å². The van der Waals surface area contributed by atoms with Crippen LogP contribution in [0.3, 0.4) is 0 Å². The van der Waals surface area contributed by atoms with Gasteiger partial charge in [-0.25, -0.2) is 0 Å². The standard InChI is InChI=1S/C16H19N7O/c1-8-9(2)18-20-15-12(8)14(19-21-15)17-16(24)11-7-23(3)22-13(11)10-5-4-6-10/h7,10H,4-6H2,1-3H3,(H2,17,19,20,21,24). The number of anilines is 1. The Hall–Kier alpha value is -2.77. The first-order valence-corrected chi connectivity index (χ1v) is 8.07. The lowest BCUT2D eigenvalue weighted by molar-refractivity contribution is 0.102. The second kappa shape index (κ2) is 5.40. The fourth-order valence-electron chi connectivity index (χ4n) is 3.07. The van der Waals surface area contributed by atoms with Crippen LogP contribution in [0.15, 0.2) is 6.20 Å². The third-order valence-corrected chi connectivity index (χ3v) is 4.79. The summed E-state index contributed by atoms with van der Waals surface area (Å²) >= 11 is 0. The molecule has 1 fully saturated rings. The number of nitrogens with one attached hydrogen (secondary N) is 2. The summed E-state index contributed by atoms with van der Waals surface area (Å²) in [7, 11) is 1.84. The minimum atomic E-state index is -0.188. The molecule has 0 atom stereocenters. The van der Waals surface area contributed by atoms with Crippen LogP contribution >= 0.6 is 0 Å². The second-order valence-corrected chi connectivity index (χ2v) is 6.39. The van der Waals surface area contributed by atoms with Crippen LogP contribution in [0.25, 0.3) is 11.0 Å². The van der Waals surface area contributed by atoms with Crippen molar-refractivity contribution in [3.05, 3.63) is 28.7 Å². The maximum Gasteiger partial charge on any atom is 0.260 e. The van der Waals surface area contributed by atoms with Gasteiger partial charge in [-0.2, -0.15) is 15.3 Å². The van der Waals surface area contributed by atoms with Gasteiger partial charge in [-0.1, -0.05) is 6.42 Å². The van der Waals surface area contributed by atoms with E-state index in [1.165, 1.54) is 6.42 Å². The number of rotatable bonds is 3. The van der Waals surface area contributed by atoms with Gasteiger partial charge < -0.3 is 5.32 Å². The van der Waals surface area contributed by atoms with Crippen molar-refractivity contribution in [2.24, 2.45) is 7.05 Å². The fraction of sp³-hybridized carbons (Fsp3) is 0.438. The van der Waals surface area contributed by atoms with Gasteiger partial charge in [0.15, 0.2) is 11.5 Å². The van der Waals surface area contributed by atoms with E-state index in [1.54, 1.807) is 10.9 Å². The number of aromatic nitrogens is 6. The first-order valence-electron chi connectivity index (χ1n) is 8.07. The number of H-pyrrole nitrogens is 1. The Morgan fingerprint density at radius 2 is 2.12 bits per heavy atom. The molecule has 0 aromatic carbocycles. The van der Waals surface area contributed by atoms with E-state index in [1.807, 2.05) is 20.9 Å². The van der Waals surface area contributed by atoms with E-state index in [9.17, 15) is 4.79 Å². The van der Waals surface area contributed by atoms with Gasteiger partial charge in [0, 0.05) is 19.2 Å². The van der Waals surface area contributed by atoms with Gasteiger partial charge in [0.25, 0.3) is 5.91 Å². The highest BCUT2D eigenvalue weighted by Crippen LogP contribution is 2.37. The third kappa shape index (κ3) is 2.26. The predicted molar refractivity (Wildman–Crippen MR) is 88.9 cm³/mol. The first-order chi connectivity index (χ1) is 11.5. The molecule has 3 aromatic heterocycles. The van der Waals surface area contributed by atoms with E-state index >= 15 is 0 Å². The molecule has 0 unspecified atom stereocenters. The Kier molecular flexibility index (Phi) is 3.33. The van der Waals surface area contributed by atoms with Crippen LogP contribution in [0.4, 0.5) is 5.82 Å². The smallest absolute Gasteiger partial charge is 0.260 e. The monoisotopic (exact) mass is 325 g/mol. The Labute approximate surface area is 138 Å². The molecule has 4 rings (SSSR count). The molecule has 3 aromatic rings. The Bertz CT molecular complexity index is 935. The highest BCUT2D eigenvalue weighted by Gasteiger charge is 2.28. The lowest BCUT2D eigenvalue weighted by Crippen LogP contribution is -2.18. The molecule has 0 saturated heterocycles. The predicted octanol–water partition coefficient (Wildman–Crippen LogP) is 2.22. The van der Waals surface area contributed by atoms with Gasteiger partial charge in [-0.15, -0.1) is 5.10 Å². The number of aryl methyl sites for hydroxylation is 3. The van der Waals surface area contributed by atoms with Crippen molar-refractivity contribution < 1.29 is 4.79 Å². The van der Waals surface area contributed by atoms with Gasteiger partial charge in [-0.3, -0.25) is 14.6 Å². The van der Waals surface area contributed by atoms with Gasteiger partial charge >= 0.3 is 0 Å². The van der Waals surface area contributed by atoms with Gasteiger partial charge in [0.1, 0.15) is 0 Å². The summed E-state index contributed by atoms with van der Waals surface area (Å²) in [5.74, 6) is 0.680. The van der Waals surface area contributed by atoms with Gasteiger partial charge in [0.2, 0.25) is 0 Å². The summed E-state index contributed by atoms with van der Waals surface area (Å²) < 4.78 is 1.70. The summed E-state index contributed by atoms with van der Waals surface area (Å²) in [6.07, 6.45) is 5.16. The van der Waals surface area contributed by atoms with Crippen molar-refractivity contribution in [2.75, 3.05) is 5.32 Å². The van der Waals surface area contributed by atoms with Gasteiger partial charge in [0.05, 0.1) is 22.3 Å². The molecular weight excluding hydrogens is 306 g/mol. The number of aromatic amines is 1. The molecule has 0 aliphatic heterocycles. The number of carbonyl (C=O) groups excluding carboxylic acids is 1. The van der Waals surface area contributed by atoms with E-state index in [-0.39, 0.29) is 5.91 Å². The number of nitrogens with zero attached hydrogens (tertiary/aromatic N) is 5. The number of amides is 1. The van der Waals surface area contributed by atoms with Crippen molar-refractivity contribution in [2.45, 2.75) is 39.0 Å². The minimum Gasteiger partial charge on any atom is -0.304 e. The van der Waals surface area contributed by atoms with E-state index in [0.29, 0.717) is 22.9 Å². The molecule has 8 heteroatoms. The molecule has 2 N–H and O–H groups in total. The van der Waals surface area contributed by atoms with Crippen LogP contribution in [0.5, 0.6) is 0 Å². The number of carbonyl (C=O) groups is 1. The molecular formula is C16H19N7O. The van der Waals surface area contributed by atoms with Crippen LogP contribution < -0.4 is 5.32 Å². The van der Waals surface area contributed by atoms with E-state index < -0.39 is 0 Å². The van der Waals surface area contributed by atoms with Crippen LogP contribution in [0.2, 0.25) is 0 Å². The molecule has 1 aliphatic carbocycles. The number of fused-ring (bicyclic) bond motifs is 1. The van der Waals surface area contributed by atoms with Crippen molar-refractivity contribution >= 4 is 22.8 Å². The molecule has 3 heterocycles. The molecule has 0 bridgehead atoms. The first kappa shape index (κ1) is 14.8. The van der Waals surface area contributed by atoms with E-state index in [4.69, 9.17) is 0 Å². The average molecular weight is 325 g/mol. The maximum atomic E-state index is 12.8. The lowest BCUT2D eigenvalue weighted by Gasteiger charge is -2.24. The zero-order chi connectivity index (χ0) is 16.8. The topological polar surface area (TPSA) is 101 Å². The summed E-state index contributed by atoms with van der Waals surface area (Å²) in [4.78, 5) is 12.8. The number of hydrogen-bond donors (Lipinski definition) is 2. The van der Waals surface area contributed by atoms with Crippen molar-refractivity contribution in [3.8, 4) is 0 Å². The molecule has 8 nitrogen and oxygen atoms in total. The molecule has 124 valence electrons. The van der Waals surface area contributed by atoms with Crippen molar-refractivity contribution in [1.82, 2.24) is 30.2 Å². The van der Waals surface area contributed by atoms with Crippen molar-refractivity contribution in [1.29, 1.82) is 0 Å². The highest BCUT2D eigenvalue weighted by atomic mass is 16.1. The fourth-order valence-corrected chi connectivity index (χ4v) is 3.07. The quantitative estimate of drug-likeness (QED) is 0.769. The van der Waals surface area contributed by atoms with Crippen LogP contribution in [-0.2, 0) is 7.05 Å². The van der Waals surface area contributed by atoms with Crippen LogP contribution in [0, 0.1) is 13.8 Å². The normalized spacial score (nSPS) is 14.8. The molecule has 1 amide bonds. The summed E-state index contributed by atoms with van der Waals surface area (Å²) in [6, 6.07) is 0. The second-order valence-electron chi connectivity index (χ2n) is 6.39. The molecule has 0 radical (unpaired) electrons. The third-order valence-electron chi connectivity index (χ3n) is 4.79. The zero-order valence-corrected chi connectivity index (χ0v) is 13.9. The van der Waals surface area contributed by atoms with Crippen LogP contribution in [0.1, 0.15) is 52.5 Å². The Morgan fingerprint density at radius 1 is 1.33 bits per heavy atom. The number of hydrogen-bond acceptors (Lipinski definition) is 5. The summed E-state index contributed by atoms with van der Waals surface area (Å²) in [5.41, 5.74) is 3.84. The highest BCUT2D eigenvalue weighted by molar-refractivity contribution is 6.08. The molecule has 1 aliphatic rings. The molecule has 1 saturated carbocycles. The SMILES string of the molecule is Cc1nnc2[nH]nc(NC(=O)c3cn(C)nc3C3CCC3)c2c1C. The summed E-state index contributed by atoms with van der Waals surface area (Å²) in [5, 5.41) is 23.3. The average Bonchev–Trinajstić information content (AvgIpc) is 3.06. The van der Waals surface area contributed by atoms with E-state index in [0.717, 1.165) is 35.2 Å². The maximum absolute atomic E-state index is 12.8. The Balaban J connectivity index is 1.69. The van der Waals surface area contributed by atoms with Crippen LogP contribution in [-0.4, -0.2) is 36.1 Å². The zero-order valence-electron chi connectivity index (χ0n) is 13.9. The largest absolute Gasteiger partial charge is 0.304 e. The summed E-state index contributed by atoms with van der Waals surface area (Å²) in [6.45, 7) is 3.83.